The van der Waals surface area contributed by atoms with Gasteiger partial charge in [0, 0.05) is 6.20 Å². The minimum absolute atomic E-state index is 0.0538. The Morgan fingerprint density at radius 1 is 1.05 bits per heavy atom. The summed E-state index contributed by atoms with van der Waals surface area (Å²) in [6.45, 7) is 0. The van der Waals surface area contributed by atoms with Crippen LogP contribution in [-0.2, 0) is 10.0 Å². The fraction of sp³-hybridized carbons (Fsp3) is 0. The molecule has 0 fully saturated rings. The van der Waals surface area contributed by atoms with Crippen molar-refractivity contribution in [2.24, 2.45) is 0 Å². The summed E-state index contributed by atoms with van der Waals surface area (Å²) < 4.78 is 26.6. The van der Waals surface area contributed by atoms with E-state index in [1.165, 1.54) is 12.1 Å². The summed E-state index contributed by atoms with van der Waals surface area (Å²) in [6.07, 6.45) is 1.03. The summed E-state index contributed by atoms with van der Waals surface area (Å²) in [5.74, 6) is 0. The molecule has 5 nitrogen and oxygen atoms in total. The van der Waals surface area contributed by atoms with Crippen molar-refractivity contribution >= 4 is 50.5 Å². The quantitative estimate of drug-likeness (QED) is 0.889. The molecule has 2 N–H and O–H groups in total. The molecule has 9 heteroatoms. The Kier molecular flexibility index (Phi) is 4.29. The molecule has 0 saturated heterocycles. The molecule has 0 unspecified atom stereocenters. The molecule has 0 amide bonds. The molecule has 2 rings (SSSR count). The van der Waals surface area contributed by atoms with Crippen LogP contribution in [0.5, 0.6) is 0 Å². The van der Waals surface area contributed by atoms with E-state index < -0.39 is 15.6 Å². The van der Waals surface area contributed by atoms with Gasteiger partial charge in [-0.25, -0.2) is 8.42 Å². The molecule has 0 spiro atoms. The van der Waals surface area contributed by atoms with Gasteiger partial charge in [-0.3, -0.25) is 9.52 Å². The standard InChI is InChI=1S/C11H7Cl3N2O3S/c12-7-2-1-3-8(13)10(7)16-20(18,19)6-4-9(14)11(17)15-5-6/h1-5,16H,(H,15,17). The first kappa shape index (κ1) is 15.2. The van der Waals surface area contributed by atoms with E-state index in [0.717, 1.165) is 12.3 Å². The first-order chi connectivity index (χ1) is 9.31. The van der Waals surface area contributed by atoms with Crippen molar-refractivity contribution in [3.8, 4) is 0 Å². The molecule has 1 aromatic carbocycles. The normalized spacial score (nSPS) is 11.3. The van der Waals surface area contributed by atoms with E-state index in [2.05, 4.69) is 9.71 Å². The molecule has 106 valence electrons. The monoisotopic (exact) mass is 352 g/mol. The van der Waals surface area contributed by atoms with Crippen molar-refractivity contribution in [3.63, 3.8) is 0 Å². The van der Waals surface area contributed by atoms with Crippen molar-refractivity contribution in [2.75, 3.05) is 4.72 Å². The number of hydrogen-bond donors (Lipinski definition) is 2. The summed E-state index contributed by atoms with van der Waals surface area (Å²) in [5.41, 5.74) is -0.528. The van der Waals surface area contributed by atoms with E-state index in [4.69, 9.17) is 34.8 Å². The first-order valence-electron chi connectivity index (χ1n) is 5.16. The van der Waals surface area contributed by atoms with Crippen LogP contribution in [0.4, 0.5) is 5.69 Å². The highest BCUT2D eigenvalue weighted by molar-refractivity contribution is 7.92. The van der Waals surface area contributed by atoms with E-state index in [0.29, 0.717) is 0 Å². The Morgan fingerprint density at radius 2 is 1.65 bits per heavy atom. The molecular formula is C11H7Cl3N2O3S. The van der Waals surface area contributed by atoms with Crippen LogP contribution < -0.4 is 10.3 Å². The Morgan fingerprint density at radius 3 is 2.20 bits per heavy atom. The number of nitrogens with one attached hydrogen (secondary N) is 2. The number of H-pyrrole nitrogens is 1. The second-order valence-corrected chi connectivity index (χ2v) is 6.62. The summed E-state index contributed by atoms with van der Waals surface area (Å²) in [4.78, 5) is 13.1. The maximum atomic E-state index is 12.2. The van der Waals surface area contributed by atoms with Gasteiger partial charge in [0.1, 0.15) is 9.92 Å². The van der Waals surface area contributed by atoms with Gasteiger partial charge in [-0.05, 0) is 18.2 Å². The number of aromatic nitrogens is 1. The molecule has 0 bridgehead atoms. The lowest BCUT2D eigenvalue weighted by molar-refractivity contribution is 0.600. The van der Waals surface area contributed by atoms with Crippen molar-refractivity contribution in [3.05, 3.63) is 55.9 Å². The second kappa shape index (κ2) is 5.65. The summed E-state index contributed by atoms with van der Waals surface area (Å²) in [5, 5.41) is 0.0614. The Balaban J connectivity index is 2.46. The van der Waals surface area contributed by atoms with Gasteiger partial charge in [0.2, 0.25) is 0 Å². The largest absolute Gasteiger partial charge is 0.326 e. The maximum absolute atomic E-state index is 12.2. The lowest BCUT2D eigenvalue weighted by atomic mass is 10.3. The third kappa shape index (κ3) is 3.09. The van der Waals surface area contributed by atoms with Crippen LogP contribution in [0.1, 0.15) is 0 Å². The van der Waals surface area contributed by atoms with Crippen molar-refractivity contribution in [1.82, 2.24) is 4.98 Å². The van der Waals surface area contributed by atoms with Crippen molar-refractivity contribution in [2.45, 2.75) is 4.90 Å². The van der Waals surface area contributed by atoms with Gasteiger partial charge in [-0.1, -0.05) is 40.9 Å². The average Bonchev–Trinajstić information content (AvgIpc) is 2.37. The minimum Gasteiger partial charge on any atom is -0.326 e. The molecule has 0 atom stereocenters. The van der Waals surface area contributed by atoms with Crippen molar-refractivity contribution < 1.29 is 8.42 Å². The van der Waals surface area contributed by atoms with Crippen LogP contribution in [-0.4, -0.2) is 13.4 Å². The smallest absolute Gasteiger partial charge is 0.266 e. The van der Waals surface area contributed by atoms with Crippen LogP contribution in [0.2, 0.25) is 15.1 Å². The Labute approximate surface area is 129 Å². The van der Waals surface area contributed by atoms with Gasteiger partial charge in [-0.15, -0.1) is 0 Å². The number of hydrogen-bond acceptors (Lipinski definition) is 3. The zero-order valence-corrected chi connectivity index (χ0v) is 12.7. The first-order valence-corrected chi connectivity index (χ1v) is 7.78. The molecule has 0 saturated carbocycles. The second-order valence-electron chi connectivity index (χ2n) is 3.71. The molecule has 0 radical (unpaired) electrons. The van der Waals surface area contributed by atoms with E-state index in [1.807, 2.05) is 0 Å². The van der Waals surface area contributed by atoms with Gasteiger partial charge in [0.05, 0.1) is 15.7 Å². The zero-order chi connectivity index (χ0) is 14.9. The topological polar surface area (TPSA) is 79.0 Å². The highest BCUT2D eigenvalue weighted by Gasteiger charge is 2.18. The molecule has 1 aromatic heterocycles. The van der Waals surface area contributed by atoms with E-state index in [1.54, 1.807) is 6.07 Å². The van der Waals surface area contributed by atoms with Gasteiger partial charge < -0.3 is 4.98 Å². The molecule has 0 aliphatic heterocycles. The van der Waals surface area contributed by atoms with E-state index in [-0.39, 0.29) is 25.7 Å². The fourth-order valence-corrected chi connectivity index (χ4v) is 3.32. The van der Waals surface area contributed by atoms with Gasteiger partial charge in [0.15, 0.2) is 0 Å². The molecular weight excluding hydrogens is 347 g/mol. The van der Waals surface area contributed by atoms with Crippen LogP contribution in [0, 0.1) is 0 Å². The predicted octanol–water partition coefficient (Wildman–Crippen LogP) is 3.14. The minimum atomic E-state index is -3.97. The van der Waals surface area contributed by atoms with E-state index >= 15 is 0 Å². The number of aromatic amines is 1. The molecule has 0 aliphatic rings. The highest BCUT2D eigenvalue weighted by atomic mass is 35.5. The third-order valence-electron chi connectivity index (χ3n) is 2.34. The molecule has 20 heavy (non-hydrogen) atoms. The maximum Gasteiger partial charge on any atom is 0.266 e. The zero-order valence-electron chi connectivity index (χ0n) is 9.65. The SMILES string of the molecule is O=c1[nH]cc(S(=O)(=O)Nc2c(Cl)cccc2Cl)cc1Cl. The van der Waals surface area contributed by atoms with Crippen LogP contribution in [0.25, 0.3) is 0 Å². The van der Waals surface area contributed by atoms with Gasteiger partial charge >= 0.3 is 0 Å². The fourth-order valence-electron chi connectivity index (χ4n) is 1.38. The van der Waals surface area contributed by atoms with Crippen LogP contribution in [0.15, 0.2) is 40.2 Å². The number of halogens is 3. The number of rotatable bonds is 3. The van der Waals surface area contributed by atoms with Crippen LogP contribution in [0.3, 0.4) is 0 Å². The highest BCUT2D eigenvalue weighted by Crippen LogP contribution is 2.31. The number of para-hydroxylation sites is 1. The van der Waals surface area contributed by atoms with Gasteiger partial charge in [0.25, 0.3) is 15.6 Å². The lowest BCUT2D eigenvalue weighted by Crippen LogP contribution is -2.16. The number of benzene rings is 1. The van der Waals surface area contributed by atoms with Crippen LogP contribution >= 0.6 is 34.8 Å². The third-order valence-corrected chi connectivity index (χ3v) is 4.58. The Bertz CT molecular complexity index is 798. The summed E-state index contributed by atoms with van der Waals surface area (Å²) in [7, 11) is -3.97. The number of anilines is 1. The molecule has 0 aliphatic carbocycles. The Hall–Kier alpha value is -1.21. The average molecular weight is 354 g/mol. The molecule has 1 heterocycles. The van der Waals surface area contributed by atoms with Crippen molar-refractivity contribution in [1.29, 1.82) is 0 Å². The lowest BCUT2D eigenvalue weighted by Gasteiger charge is -2.11. The summed E-state index contributed by atoms with van der Waals surface area (Å²) >= 11 is 17.4. The summed E-state index contributed by atoms with van der Waals surface area (Å²) in [6, 6.07) is 5.60. The predicted molar refractivity (Wildman–Crippen MR) is 79.3 cm³/mol. The van der Waals surface area contributed by atoms with E-state index in [9.17, 15) is 13.2 Å². The van der Waals surface area contributed by atoms with Gasteiger partial charge in [-0.2, -0.15) is 0 Å². The number of pyridine rings is 1. The molecule has 2 aromatic rings. The number of sulfonamides is 1.